The topological polar surface area (TPSA) is 9.23 Å². The second-order valence-electron chi connectivity index (χ2n) is 7.66. The van der Waals surface area contributed by atoms with Gasteiger partial charge in [0.2, 0.25) is 0 Å². The fraction of sp³-hybridized carbons (Fsp3) is 0.231. The molecule has 0 bridgehead atoms. The molecule has 1 nitrogen and oxygen atoms in total. The summed E-state index contributed by atoms with van der Waals surface area (Å²) in [5.74, 6) is -2.54. The first-order chi connectivity index (χ1) is 16.0. The summed E-state index contributed by atoms with van der Waals surface area (Å²) in [6.45, 7) is 2.12. The quantitative estimate of drug-likeness (QED) is 0.231. The monoisotopic (exact) mass is 482 g/mol. The van der Waals surface area contributed by atoms with Crippen molar-refractivity contribution in [1.29, 1.82) is 0 Å². The van der Waals surface area contributed by atoms with E-state index in [0.717, 1.165) is 47.7 Å². The Bertz CT molecular complexity index is 1120. The van der Waals surface area contributed by atoms with Crippen LogP contribution in [0.3, 0.4) is 0 Å². The maximum Gasteiger partial charge on any atom is 0.439 e. The van der Waals surface area contributed by atoms with Crippen LogP contribution in [0.15, 0.2) is 66.7 Å². The minimum Gasteiger partial charge on any atom is -0.427 e. The van der Waals surface area contributed by atoms with E-state index < -0.39 is 30.0 Å². The molecule has 0 saturated heterocycles. The lowest BCUT2D eigenvalue weighted by Gasteiger charge is -2.23. The van der Waals surface area contributed by atoms with Gasteiger partial charge in [0.1, 0.15) is 0 Å². The first kappa shape index (κ1) is 25.3. The van der Waals surface area contributed by atoms with Gasteiger partial charge >= 0.3 is 12.3 Å². The molecule has 0 spiro atoms. The highest BCUT2D eigenvalue weighted by Gasteiger charge is 2.59. The minimum atomic E-state index is -5.85. The van der Waals surface area contributed by atoms with Gasteiger partial charge < -0.3 is 4.74 Å². The van der Waals surface area contributed by atoms with E-state index in [1.807, 2.05) is 36.4 Å². The summed E-state index contributed by atoms with van der Waals surface area (Å²) in [6, 6.07) is 18.5. The fourth-order valence-electron chi connectivity index (χ4n) is 3.22. The molecule has 0 amide bonds. The Morgan fingerprint density at radius 1 is 0.794 bits per heavy atom. The number of alkyl halides is 6. The highest BCUT2D eigenvalue weighted by Crippen LogP contribution is 2.37. The molecule has 1 unspecified atom stereocenters. The molecular formula is C26H21F7O. The lowest BCUT2D eigenvalue weighted by atomic mass is 10.0. The van der Waals surface area contributed by atoms with Crippen LogP contribution in [0, 0.1) is 5.82 Å². The van der Waals surface area contributed by atoms with Gasteiger partial charge in [-0.2, -0.15) is 22.0 Å². The Labute approximate surface area is 192 Å². The number of halogens is 7. The number of hydrogen-bond donors (Lipinski definition) is 0. The molecule has 1 atom stereocenters. The Balaban J connectivity index is 1.68. The van der Waals surface area contributed by atoms with Gasteiger partial charge in [-0.1, -0.05) is 80.1 Å². The molecule has 0 fully saturated rings. The molecule has 3 rings (SSSR count). The normalized spacial score (nSPS) is 13.3. The number of benzene rings is 3. The summed E-state index contributed by atoms with van der Waals surface area (Å²) in [5.41, 5.74) is 4.37. The van der Waals surface area contributed by atoms with Gasteiger partial charge in [-0.3, -0.25) is 0 Å². The first-order valence-electron chi connectivity index (χ1n) is 10.4. The van der Waals surface area contributed by atoms with Crippen LogP contribution in [-0.4, -0.2) is 18.5 Å². The van der Waals surface area contributed by atoms with E-state index in [2.05, 4.69) is 23.8 Å². The standard InChI is InChI=1S/C26H21F7O/c1-2-3-17-6-11-20(12-7-17)21-13-8-18(9-14-21)4-5-19-10-15-23(22(27)16-19)34-26(32,33)24(28)25(29,30)31/h4-16,24H,2-3H2,1H3/b5-4+. The van der Waals surface area contributed by atoms with E-state index in [4.69, 9.17) is 0 Å². The van der Waals surface area contributed by atoms with Crippen molar-refractivity contribution in [3.05, 3.63) is 89.2 Å². The van der Waals surface area contributed by atoms with Crippen molar-refractivity contribution in [2.75, 3.05) is 0 Å². The van der Waals surface area contributed by atoms with Gasteiger partial charge in [0.25, 0.3) is 6.17 Å². The molecular weight excluding hydrogens is 461 g/mol. The summed E-state index contributed by atoms with van der Waals surface area (Å²) in [5, 5.41) is 0. The summed E-state index contributed by atoms with van der Waals surface area (Å²) < 4.78 is 94.0. The lowest BCUT2D eigenvalue weighted by Crippen LogP contribution is -2.45. The molecule has 3 aromatic rings. The maximum atomic E-state index is 14.1. The van der Waals surface area contributed by atoms with E-state index >= 15 is 0 Å². The smallest absolute Gasteiger partial charge is 0.427 e. The zero-order chi connectivity index (χ0) is 24.9. The molecule has 0 aliphatic heterocycles. The van der Waals surface area contributed by atoms with Crippen molar-refractivity contribution in [3.63, 3.8) is 0 Å². The second kappa shape index (κ2) is 10.3. The summed E-state index contributed by atoms with van der Waals surface area (Å²) in [4.78, 5) is 0. The van der Waals surface area contributed by atoms with Crippen LogP contribution >= 0.6 is 0 Å². The molecule has 0 N–H and O–H groups in total. The molecule has 0 aliphatic rings. The zero-order valence-corrected chi connectivity index (χ0v) is 18.1. The maximum absolute atomic E-state index is 14.1. The highest BCUT2D eigenvalue weighted by molar-refractivity contribution is 5.72. The summed E-state index contributed by atoms with van der Waals surface area (Å²) >= 11 is 0. The summed E-state index contributed by atoms with van der Waals surface area (Å²) in [6.07, 6.45) is -10.5. The van der Waals surface area contributed by atoms with Crippen molar-refractivity contribution >= 4 is 12.2 Å². The molecule has 0 aromatic heterocycles. The van der Waals surface area contributed by atoms with Gasteiger partial charge in [0.15, 0.2) is 11.6 Å². The van der Waals surface area contributed by atoms with Gasteiger partial charge in [-0.15, -0.1) is 0 Å². The third-order valence-electron chi connectivity index (χ3n) is 4.99. The predicted molar refractivity (Wildman–Crippen MR) is 118 cm³/mol. The third kappa shape index (κ3) is 6.40. The first-order valence-corrected chi connectivity index (χ1v) is 10.4. The van der Waals surface area contributed by atoms with Crippen molar-refractivity contribution < 1.29 is 35.5 Å². The van der Waals surface area contributed by atoms with E-state index in [1.165, 1.54) is 11.6 Å². The largest absolute Gasteiger partial charge is 0.439 e. The summed E-state index contributed by atoms with van der Waals surface area (Å²) in [7, 11) is 0. The van der Waals surface area contributed by atoms with Crippen molar-refractivity contribution in [1.82, 2.24) is 0 Å². The predicted octanol–water partition coefficient (Wildman–Crippen LogP) is 8.49. The van der Waals surface area contributed by atoms with Crippen LogP contribution in [0.4, 0.5) is 30.7 Å². The van der Waals surface area contributed by atoms with E-state index in [-0.39, 0.29) is 5.56 Å². The number of ether oxygens (including phenoxy) is 1. The van der Waals surface area contributed by atoms with E-state index in [1.54, 1.807) is 6.08 Å². The molecule has 0 saturated carbocycles. The van der Waals surface area contributed by atoms with Crippen LogP contribution in [0.25, 0.3) is 23.3 Å². The number of rotatable bonds is 8. The molecule has 3 aromatic carbocycles. The Kier molecular flexibility index (Phi) is 7.69. The van der Waals surface area contributed by atoms with Crippen molar-refractivity contribution in [3.8, 4) is 16.9 Å². The molecule has 0 radical (unpaired) electrons. The SMILES string of the molecule is CCCc1ccc(-c2ccc(/C=C/c3ccc(OC(F)(F)C(F)C(F)(F)F)c(F)c3)cc2)cc1. The van der Waals surface area contributed by atoms with Gasteiger partial charge in [0, 0.05) is 0 Å². The van der Waals surface area contributed by atoms with Gasteiger partial charge in [-0.05, 0) is 46.4 Å². The zero-order valence-electron chi connectivity index (χ0n) is 18.1. The number of hydrogen-bond acceptors (Lipinski definition) is 1. The minimum absolute atomic E-state index is 0.247. The van der Waals surface area contributed by atoms with Crippen LogP contribution in [0.1, 0.15) is 30.0 Å². The lowest BCUT2D eigenvalue weighted by molar-refractivity contribution is -0.305. The fourth-order valence-corrected chi connectivity index (χ4v) is 3.22. The van der Waals surface area contributed by atoms with Gasteiger partial charge in [-0.25, -0.2) is 8.78 Å². The highest BCUT2D eigenvalue weighted by atomic mass is 19.4. The average Bonchev–Trinajstić information content (AvgIpc) is 2.79. The second-order valence-corrected chi connectivity index (χ2v) is 7.66. The van der Waals surface area contributed by atoms with Crippen LogP contribution in [0.2, 0.25) is 0 Å². The van der Waals surface area contributed by atoms with Gasteiger partial charge in [0.05, 0.1) is 0 Å². The van der Waals surface area contributed by atoms with Crippen LogP contribution in [0.5, 0.6) is 5.75 Å². The molecule has 34 heavy (non-hydrogen) atoms. The Morgan fingerprint density at radius 2 is 1.32 bits per heavy atom. The molecule has 0 heterocycles. The Morgan fingerprint density at radius 3 is 1.85 bits per heavy atom. The van der Waals surface area contributed by atoms with Crippen LogP contribution in [-0.2, 0) is 6.42 Å². The van der Waals surface area contributed by atoms with Crippen molar-refractivity contribution in [2.24, 2.45) is 0 Å². The molecule has 180 valence electrons. The molecule has 0 aliphatic carbocycles. The van der Waals surface area contributed by atoms with Crippen LogP contribution < -0.4 is 4.74 Å². The number of aryl methyl sites for hydroxylation is 1. The van der Waals surface area contributed by atoms with E-state index in [9.17, 15) is 30.7 Å². The van der Waals surface area contributed by atoms with Crippen molar-refractivity contribution in [2.45, 2.75) is 38.2 Å². The van der Waals surface area contributed by atoms with E-state index in [0.29, 0.717) is 0 Å². The Hall–Kier alpha value is -3.29. The third-order valence-corrected chi connectivity index (χ3v) is 4.99. The molecule has 8 heteroatoms. The average molecular weight is 482 g/mol.